The minimum atomic E-state index is 0.0836. The van der Waals surface area contributed by atoms with Gasteiger partial charge in [-0.25, -0.2) is 0 Å². The van der Waals surface area contributed by atoms with Gasteiger partial charge in [-0.05, 0) is 127 Å². The highest BCUT2D eigenvalue weighted by Gasteiger charge is 2.41. The SMILES string of the molecule is N#Cc1ccc(-c2ccc3c(c2)C(C2c4cc(Br)ccc4-c4ccc(Br)cc42)c2cc(-c4ccc(C#N)cc4)ccc2-3)cc1. The number of hydrogen-bond acceptors (Lipinski definition) is 2. The van der Waals surface area contributed by atoms with Crippen molar-refractivity contribution in [3.8, 4) is 56.6 Å². The summed E-state index contributed by atoms with van der Waals surface area (Å²) in [7, 11) is 0. The molecule has 0 aromatic heterocycles. The fraction of sp³-hybridized carbons (Fsp3) is 0.0500. The normalized spacial score (nSPS) is 13.0. The van der Waals surface area contributed by atoms with Gasteiger partial charge >= 0.3 is 0 Å². The zero-order valence-corrected chi connectivity index (χ0v) is 26.5. The Bertz CT molecular complexity index is 2060. The summed E-state index contributed by atoms with van der Waals surface area (Å²) in [5, 5.41) is 18.7. The Morgan fingerprint density at radius 3 is 1.07 bits per heavy atom. The molecular formula is C40H22Br2N2. The number of halogens is 2. The zero-order valence-electron chi connectivity index (χ0n) is 23.4. The Labute approximate surface area is 273 Å². The van der Waals surface area contributed by atoms with Crippen molar-refractivity contribution in [2.24, 2.45) is 0 Å². The fourth-order valence-electron chi connectivity index (χ4n) is 7.09. The van der Waals surface area contributed by atoms with Gasteiger partial charge in [-0.3, -0.25) is 0 Å². The van der Waals surface area contributed by atoms with E-state index in [1.807, 2.05) is 48.5 Å². The summed E-state index contributed by atoms with van der Waals surface area (Å²) in [5.74, 6) is 0.197. The second kappa shape index (κ2) is 10.5. The van der Waals surface area contributed by atoms with Gasteiger partial charge in [0, 0.05) is 20.8 Å². The predicted molar refractivity (Wildman–Crippen MR) is 183 cm³/mol. The summed E-state index contributed by atoms with van der Waals surface area (Å²) in [6.07, 6.45) is 0. The van der Waals surface area contributed by atoms with Crippen molar-refractivity contribution in [3.05, 3.63) is 164 Å². The van der Waals surface area contributed by atoms with E-state index in [0.717, 1.165) is 31.2 Å². The van der Waals surface area contributed by atoms with E-state index in [1.165, 1.54) is 44.5 Å². The molecule has 6 aromatic carbocycles. The molecule has 0 atom stereocenters. The van der Waals surface area contributed by atoms with Crippen LogP contribution in [-0.2, 0) is 0 Å². The van der Waals surface area contributed by atoms with Gasteiger partial charge in [0.05, 0.1) is 23.3 Å². The summed E-state index contributed by atoms with van der Waals surface area (Å²) in [4.78, 5) is 0. The summed E-state index contributed by atoms with van der Waals surface area (Å²) in [6, 6.07) is 47.1. The van der Waals surface area contributed by atoms with Crippen LogP contribution in [0.4, 0.5) is 0 Å². The lowest BCUT2D eigenvalue weighted by atomic mass is 9.77. The molecule has 44 heavy (non-hydrogen) atoms. The summed E-state index contributed by atoms with van der Waals surface area (Å²) >= 11 is 7.55. The van der Waals surface area contributed by atoms with Gasteiger partial charge in [0.2, 0.25) is 0 Å². The van der Waals surface area contributed by atoms with E-state index in [4.69, 9.17) is 0 Å². The van der Waals surface area contributed by atoms with Crippen molar-refractivity contribution in [1.82, 2.24) is 0 Å². The molecule has 8 rings (SSSR count). The van der Waals surface area contributed by atoms with Crippen LogP contribution in [0.1, 0.15) is 45.2 Å². The number of nitriles is 2. The van der Waals surface area contributed by atoms with Gasteiger partial charge in [-0.2, -0.15) is 10.5 Å². The first-order valence-electron chi connectivity index (χ1n) is 14.4. The Kier molecular flexibility index (Phi) is 6.38. The van der Waals surface area contributed by atoms with Gasteiger partial charge < -0.3 is 0 Å². The van der Waals surface area contributed by atoms with Crippen LogP contribution in [0.15, 0.2) is 130 Å². The van der Waals surface area contributed by atoms with Gasteiger partial charge in [0.15, 0.2) is 0 Å². The Balaban J connectivity index is 1.37. The van der Waals surface area contributed by atoms with Gasteiger partial charge in [-0.1, -0.05) is 92.5 Å². The molecule has 206 valence electrons. The maximum atomic E-state index is 9.34. The van der Waals surface area contributed by atoms with E-state index in [0.29, 0.717) is 11.1 Å². The average molecular weight is 690 g/mol. The molecule has 0 N–H and O–H groups in total. The molecule has 0 heterocycles. The predicted octanol–water partition coefficient (Wildman–Crippen LogP) is 11.2. The third kappa shape index (κ3) is 4.26. The maximum Gasteiger partial charge on any atom is 0.0991 e. The first-order valence-corrected chi connectivity index (χ1v) is 16.0. The van der Waals surface area contributed by atoms with Crippen LogP contribution >= 0.6 is 31.9 Å². The first kappa shape index (κ1) is 26.9. The molecule has 0 fully saturated rings. The van der Waals surface area contributed by atoms with Crippen LogP contribution in [-0.4, -0.2) is 0 Å². The summed E-state index contributed by atoms with van der Waals surface area (Å²) < 4.78 is 2.15. The molecule has 0 radical (unpaired) electrons. The van der Waals surface area contributed by atoms with Crippen molar-refractivity contribution in [2.45, 2.75) is 11.8 Å². The van der Waals surface area contributed by atoms with Crippen LogP contribution < -0.4 is 0 Å². The molecule has 0 aliphatic heterocycles. The second-order valence-electron chi connectivity index (χ2n) is 11.4. The standard InChI is InChI=1S/C40H22Br2N2/c41-29-11-15-33-34-16-12-30(42)20-38(34)40(37(33)19-29)39-35-17-27(25-5-1-23(21-43)2-6-25)9-13-31(35)32-14-10-28(18-36(32)39)26-7-3-24(22-44)4-8-26/h1-20,39-40H. The largest absolute Gasteiger partial charge is 0.192 e. The topological polar surface area (TPSA) is 47.6 Å². The van der Waals surface area contributed by atoms with Crippen molar-refractivity contribution >= 4 is 31.9 Å². The third-order valence-corrected chi connectivity index (χ3v) is 10.1. The molecule has 4 heteroatoms. The average Bonchev–Trinajstić information content (AvgIpc) is 3.54. The minimum Gasteiger partial charge on any atom is -0.192 e. The van der Waals surface area contributed by atoms with Gasteiger partial charge in [0.1, 0.15) is 0 Å². The van der Waals surface area contributed by atoms with E-state index in [2.05, 4.69) is 117 Å². The van der Waals surface area contributed by atoms with Crippen molar-refractivity contribution in [3.63, 3.8) is 0 Å². The molecule has 0 spiro atoms. The second-order valence-corrected chi connectivity index (χ2v) is 13.2. The van der Waals surface area contributed by atoms with Crippen LogP contribution in [0.25, 0.3) is 44.5 Å². The molecule has 0 bridgehead atoms. The number of rotatable bonds is 3. The smallest absolute Gasteiger partial charge is 0.0991 e. The Morgan fingerprint density at radius 2 is 0.705 bits per heavy atom. The molecule has 2 aliphatic rings. The minimum absolute atomic E-state index is 0.0836. The quantitative estimate of drug-likeness (QED) is 0.186. The Morgan fingerprint density at radius 1 is 0.386 bits per heavy atom. The number of fused-ring (bicyclic) bond motifs is 6. The highest BCUT2D eigenvalue weighted by molar-refractivity contribution is 9.10. The van der Waals surface area contributed by atoms with E-state index < -0.39 is 0 Å². The van der Waals surface area contributed by atoms with Crippen molar-refractivity contribution in [1.29, 1.82) is 10.5 Å². The van der Waals surface area contributed by atoms with E-state index in [9.17, 15) is 10.5 Å². The van der Waals surface area contributed by atoms with Crippen LogP contribution in [0.3, 0.4) is 0 Å². The van der Waals surface area contributed by atoms with Gasteiger partial charge in [0.25, 0.3) is 0 Å². The van der Waals surface area contributed by atoms with Crippen LogP contribution in [0.5, 0.6) is 0 Å². The summed E-state index contributed by atoms with van der Waals surface area (Å²) in [6.45, 7) is 0. The van der Waals surface area contributed by atoms with E-state index in [1.54, 1.807) is 0 Å². The lowest BCUT2D eigenvalue weighted by molar-refractivity contribution is 0.723. The fourth-order valence-corrected chi connectivity index (χ4v) is 7.85. The Hall–Kier alpha value is -4.74. The molecule has 6 aromatic rings. The molecular weight excluding hydrogens is 668 g/mol. The molecule has 0 unspecified atom stereocenters. The zero-order chi connectivity index (χ0) is 29.9. The third-order valence-electron chi connectivity index (χ3n) is 9.08. The number of nitrogens with zero attached hydrogens (tertiary/aromatic N) is 2. The van der Waals surface area contributed by atoms with E-state index >= 15 is 0 Å². The van der Waals surface area contributed by atoms with Gasteiger partial charge in [-0.15, -0.1) is 0 Å². The first-order chi connectivity index (χ1) is 21.5. The number of benzene rings is 6. The molecule has 2 aliphatic carbocycles. The monoisotopic (exact) mass is 688 g/mol. The maximum absolute atomic E-state index is 9.34. The molecule has 0 amide bonds. The lowest BCUT2D eigenvalue weighted by Gasteiger charge is -2.25. The highest BCUT2D eigenvalue weighted by Crippen LogP contribution is 2.59. The van der Waals surface area contributed by atoms with E-state index in [-0.39, 0.29) is 11.8 Å². The molecule has 0 saturated carbocycles. The van der Waals surface area contributed by atoms with Crippen molar-refractivity contribution < 1.29 is 0 Å². The number of hydrogen-bond donors (Lipinski definition) is 0. The lowest BCUT2D eigenvalue weighted by Crippen LogP contribution is -2.10. The highest BCUT2D eigenvalue weighted by atomic mass is 79.9. The molecule has 0 saturated heterocycles. The van der Waals surface area contributed by atoms with Crippen LogP contribution in [0.2, 0.25) is 0 Å². The van der Waals surface area contributed by atoms with Crippen molar-refractivity contribution in [2.75, 3.05) is 0 Å². The summed E-state index contributed by atoms with van der Waals surface area (Å²) in [5.41, 5.74) is 16.1. The molecule has 2 nitrogen and oxygen atoms in total. The van der Waals surface area contributed by atoms with Crippen LogP contribution in [0, 0.1) is 22.7 Å².